The van der Waals surface area contributed by atoms with Crippen molar-refractivity contribution in [2.45, 2.75) is 11.4 Å². The van der Waals surface area contributed by atoms with Crippen molar-refractivity contribution in [3.8, 4) is 0 Å². The second kappa shape index (κ2) is 9.96. The minimum atomic E-state index is -3.50. The smallest absolute Gasteiger partial charge is 0.247 e. The van der Waals surface area contributed by atoms with Gasteiger partial charge in [0.25, 0.3) is 0 Å². The van der Waals surface area contributed by atoms with E-state index in [1.807, 2.05) is 0 Å². The van der Waals surface area contributed by atoms with Crippen molar-refractivity contribution in [1.82, 2.24) is 9.21 Å². The number of amides is 1. The van der Waals surface area contributed by atoms with Crippen LogP contribution in [0.1, 0.15) is 11.1 Å². The highest BCUT2D eigenvalue weighted by Gasteiger charge is 2.16. The molecule has 0 heterocycles. The van der Waals surface area contributed by atoms with Gasteiger partial charge in [-0.15, -0.1) is 6.58 Å². The lowest BCUT2D eigenvalue weighted by Crippen LogP contribution is -2.29. The van der Waals surface area contributed by atoms with Crippen LogP contribution in [0.25, 0.3) is 6.08 Å². The Bertz CT molecular complexity index is 1020. The Hall–Kier alpha value is -2.29. The maximum Gasteiger partial charge on any atom is 0.247 e. The molecule has 0 unspecified atom stereocenters. The van der Waals surface area contributed by atoms with Gasteiger partial charge >= 0.3 is 0 Å². The maximum absolute atomic E-state index is 14.0. The molecule has 0 radical (unpaired) electrons. The SMILES string of the molecule is C=CCN(Cc1cc(Br)ccc1F)C(=O)C=Cc1ccc(S(=O)(=O)N(C)C)cc1. The molecule has 0 saturated carbocycles. The Morgan fingerprint density at radius 2 is 1.83 bits per heavy atom. The molecular weight excluding hydrogens is 459 g/mol. The van der Waals surface area contributed by atoms with Crippen molar-refractivity contribution in [2.75, 3.05) is 20.6 Å². The molecular formula is C21H22BrFN2O3S. The monoisotopic (exact) mass is 480 g/mol. The molecule has 0 aliphatic carbocycles. The van der Waals surface area contributed by atoms with Crippen LogP contribution in [0.4, 0.5) is 4.39 Å². The largest absolute Gasteiger partial charge is 0.331 e. The first kappa shape index (κ1) is 23.0. The number of sulfonamides is 1. The first-order valence-electron chi connectivity index (χ1n) is 8.69. The third-order valence-corrected chi connectivity index (χ3v) is 6.43. The van der Waals surface area contributed by atoms with Crippen LogP contribution < -0.4 is 0 Å². The van der Waals surface area contributed by atoms with Crippen molar-refractivity contribution in [3.05, 3.63) is 82.6 Å². The van der Waals surface area contributed by atoms with Crippen LogP contribution >= 0.6 is 15.9 Å². The van der Waals surface area contributed by atoms with Crippen LogP contribution in [0.15, 0.2) is 70.6 Å². The summed E-state index contributed by atoms with van der Waals surface area (Å²) in [5, 5.41) is 0. The second-order valence-electron chi connectivity index (χ2n) is 6.43. The Labute approximate surface area is 179 Å². The summed E-state index contributed by atoms with van der Waals surface area (Å²) >= 11 is 3.30. The van der Waals surface area contributed by atoms with Crippen molar-refractivity contribution >= 4 is 37.9 Å². The molecule has 0 bridgehead atoms. The molecule has 8 heteroatoms. The topological polar surface area (TPSA) is 57.7 Å². The Kier molecular flexibility index (Phi) is 7.89. The standard InChI is InChI=1S/C21H22BrFN2O3S/c1-4-13-25(15-17-14-18(22)8-11-20(17)23)21(26)12-7-16-5-9-19(10-6-16)29(27,28)24(2)3/h4-12,14H,1,13,15H2,2-3H3. The number of hydrogen-bond donors (Lipinski definition) is 0. The van der Waals surface area contributed by atoms with Gasteiger partial charge in [-0.3, -0.25) is 4.79 Å². The lowest BCUT2D eigenvalue weighted by atomic mass is 10.2. The molecule has 2 aromatic carbocycles. The summed E-state index contributed by atoms with van der Waals surface area (Å²) in [4.78, 5) is 14.2. The fourth-order valence-electron chi connectivity index (χ4n) is 2.49. The Balaban J connectivity index is 2.16. The molecule has 29 heavy (non-hydrogen) atoms. The van der Waals surface area contributed by atoms with E-state index in [1.165, 1.54) is 43.3 Å². The summed E-state index contributed by atoms with van der Waals surface area (Å²) in [6.45, 7) is 4.00. The lowest BCUT2D eigenvalue weighted by Gasteiger charge is -2.20. The van der Waals surface area contributed by atoms with Crippen LogP contribution in [0.3, 0.4) is 0 Å². The number of rotatable bonds is 8. The minimum absolute atomic E-state index is 0.0977. The second-order valence-corrected chi connectivity index (χ2v) is 9.50. The van der Waals surface area contributed by atoms with E-state index in [0.29, 0.717) is 11.1 Å². The summed E-state index contributed by atoms with van der Waals surface area (Å²) in [5.41, 5.74) is 1.06. The summed E-state index contributed by atoms with van der Waals surface area (Å²) in [5.74, 6) is -0.703. The lowest BCUT2D eigenvalue weighted by molar-refractivity contribution is -0.126. The van der Waals surface area contributed by atoms with E-state index in [0.717, 1.165) is 8.78 Å². The van der Waals surface area contributed by atoms with Crippen molar-refractivity contribution in [2.24, 2.45) is 0 Å². The summed E-state index contributed by atoms with van der Waals surface area (Å²) < 4.78 is 40.1. The Morgan fingerprint density at radius 1 is 1.17 bits per heavy atom. The predicted octanol–water partition coefficient (Wildman–Crippen LogP) is 4.07. The van der Waals surface area contributed by atoms with Gasteiger partial charge in [0.1, 0.15) is 5.82 Å². The molecule has 0 aliphatic rings. The van der Waals surface area contributed by atoms with E-state index in [-0.39, 0.29) is 23.9 Å². The van der Waals surface area contributed by atoms with Gasteiger partial charge < -0.3 is 4.90 Å². The van der Waals surface area contributed by atoms with E-state index in [9.17, 15) is 17.6 Å². The van der Waals surface area contributed by atoms with Crippen LogP contribution in [-0.4, -0.2) is 44.2 Å². The fourth-order valence-corrected chi connectivity index (χ4v) is 3.80. The van der Waals surface area contributed by atoms with Gasteiger partial charge in [-0.05, 0) is 42.0 Å². The van der Waals surface area contributed by atoms with Crippen molar-refractivity contribution < 1.29 is 17.6 Å². The molecule has 5 nitrogen and oxygen atoms in total. The number of halogens is 2. The van der Waals surface area contributed by atoms with Crippen LogP contribution in [0.5, 0.6) is 0 Å². The molecule has 0 aliphatic heterocycles. The van der Waals surface area contributed by atoms with Gasteiger partial charge in [-0.1, -0.05) is 34.1 Å². The van der Waals surface area contributed by atoms with E-state index in [2.05, 4.69) is 22.5 Å². The minimum Gasteiger partial charge on any atom is -0.331 e. The van der Waals surface area contributed by atoms with Gasteiger partial charge in [0.15, 0.2) is 0 Å². The zero-order valence-corrected chi connectivity index (χ0v) is 18.6. The fraction of sp³-hybridized carbons (Fsp3) is 0.190. The van der Waals surface area contributed by atoms with E-state index in [4.69, 9.17) is 0 Å². The molecule has 1 amide bonds. The van der Waals surface area contributed by atoms with Gasteiger partial charge in [0, 0.05) is 43.3 Å². The molecule has 2 aromatic rings. The van der Waals surface area contributed by atoms with E-state index in [1.54, 1.807) is 36.4 Å². The highest BCUT2D eigenvalue weighted by molar-refractivity contribution is 9.10. The zero-order valence-electron chi connectivity index (χ0n) is 16.2. The number of carbonyl (C=O) groups excluding carboxylic acids is 1. The molecule has 0 spiro atoms. The molecule has 0 atom stereocenters. The molecule has 0 fully saturated rings. The van der Waals surface area contributed by atoms with Gasteiger partial charge in [0.2, 0.25) is 15.9 Å². The number of hydrogen-bond acceptors (Lipinski definition) is 3. The molecule has 154 valence electrons. The summed E-state index contributed by atoms with van der Waals surface area (Å²) in [6.07, 6.45) is 4.53. The van der Waals surface area contributed by atoms with Crippen LogP contribution in [0, 0.1) is 5.82 Å². The highest BCUT2D eigenvalue weighted by atomic mass is 79.9. The highest BCUT2D eigenvalue weighted by Crippen LogP contribution is 2.18. The molecule has 0 N–H and O–H groups in total. The quantitative estimate of drug-likeness (QED) is 0.422. The van der Waals surface area contributed by atoms with E-state index < -0.39 is 15.8 Å². The third kappa shape index (κ3) is 6.09. The van der Waals surface area contributed by atoms with E-state index >= 15 is 0 Å². The number of nitrogens with zero attached hydrogens (tertiary/aromatic N) is 2. The summed E-state index contributed by atoms with van der Waals surface area (Å²) in [6, 6.07) is 10.8. The maximum atomic E-state index is 14.0. The normalized spacial score (nSPS) is 11.8. The van der Waals surface area contributed by atoms with Gasteiger partial charge in [-0.2, -0.15) is 0 Å². The van der Waals surface area contributed by atoms with Gasteiger partial charge in [-0.25, -0.2) is 17.1 Å². The average Bonchev–Trinajstić information content (AvgIpc) is 2.68. The average molecular weight is 481 g/mol. The summed E-state index contributed by atoms with van der Waals surface area (Å²) in [7, 11) is -0.579. The first-order chi connectivity index (χ1) is 13.6. The van der Waals surface area contributed by atoms with Crippen molar-refractivity contribution in [1.29, 1.82) is 0 Å². The molecule has 2 rings (SSSR count). The molecule has 0 saturated heterocycles. The number of benzene rings is 2. The van der Waals surface area contributed by atoms with Crippen LogP contribution in [-0.2, 0) is 21.4 Å². The zero-order chi connectivity index (χ0) is 21.6. The first-order valence-corrected chi connectivity index (χ1v) is 10.9. The molecule has 0 aromatic heterocycles. The van der Waals surface area contributed by atoms with Gasteiger partial charge in [0.05, 0.1) is 4.90 Å². The number of carbonyl (C=O) groups is 1. The van der Waals surface area contributed by atoms with Crippen molar-refractivity contribution in [3.63, 3.8) is 0 Å². The third-order valence-electron chi connectivity index (χ3n) is 4.11. The Morgan fingerprint density at radius 3 is 2.41 bits per heavy atom. The van der Waals surface area contributed by atoms with Crippen LogP contribution in [0.2, 0.25) is 0 Å². The predicted molar refractivity (Wildman–Crippen MR) is 116 cm³/mol.